The van der Waals surface area contributed by atoms with Gasteiger partial charge in [-0.3, -0.25) is 14.5 Å². The van der Waals surface area contributed by atoms with Crippen LogP contribution in [0.2, 0.25) is 0 Å². The molecule has 8 heteroatoms. The van der Waals surface area contributed by atoms with Crippen LogP contribution in [0.5, 0.6) is 5.75 Å². The van der Waals surface area contributed by atoms with E-state index in [4.69, 9.17) is 17.0 Å². The van der Waals surface area contributed by atoms with Gasteiger partial charge in [-0.25, -0.2) is 0 Å². The van der Waals surface area contributed by atoms with Gasteiger partial charge in [0.2, 0.25) is 5.88 Å². The summed E-state index contributed by atoms with van der Waals surface area (Å²) in [5.41, 5.74) is 1.15. The fourth-order valence-corrected chi connectivity index (χ4v) is 4.11. The van der Waals surface area contributed by atoms with Crippen molar-refractivity contribution in [3.63, 3.8) is 0 Å². The third-order valence-electron chi connectivity index (χ3n) is 5.14. The number of thiocarbonyl (C=S) groups is 1. The Morgan fingerprint density at radius 2 is 1.94 bits per heavy atom. The van der Waals surface area contributed by atoms with Gasteiger partial charge in [-0.2, -0.15) is 0 Å². The molecule has 1 amide bonds. The molecular formula is C23H21N3O4S. The molecule has 2 aliphatic heterocycles. The molecule has 0 bridgehead atoms. The predicted octanol–water partition coefficient (Wildman–Crippen LogP) is 3.48. The summed E-state index contributed by atoms with van der Waals surface area (Å²) in [6.45, 7) is 6.10. The minimum atomic E-state index is -1.08. The van der Waals surface area contributed by atoms with Gasteiger partial charge in [-0.15, -0.1) is 6.58 Å². The normalized spacial score (nSPS) is 18.3. The molecule has 0 unspecified atom stereocenters. The Hall–Kier alpha value is -3.65. The number of carboxylic acids is 1. The highest BCUT2D eigenvalue weighted by atomic mass is 32.1. The first kappa shape index (κ1) is 20.6. The highest BCUT2D eigenvalue weighted by Gasteiger charge is 2.38. The molecule has 0 saturated carbocycles. The van der Waals surface area contributed by atoms with Crippen LogP contribution in [0.1, 0.15) is 6.92 Å². The van der Waals surface area contributed by atoms with Crippen molar-refractivity contribution in [2.75, 3.05) is 24.5 Å². The van der Waals surface area contributed by atoms with Crippen LogP contribution in [0, 0.1) is 0 Å². The number of amides is 1. The van der Waals surface area contributed by atoms with Crippen LogP contribution in [0.25, 0.3) is 10.8 Å². The summed E-state index contributed by atoms with van der Waals surface area (Å²) in [7, 11) is 0. The van der Waals surface area contributed by atoms with E-state index in [9.17, 15) is 14.7 Å². The Kier molecular flexibility index (Phi) is 5.48. The SMILES string of the molecule is C=CCN1C(=O)C(=CC=C2Oc3ccc4ccccc4c3N2CC)N(CC(=O)O)C1=S. The number of allylic oxidation sites excluding steroid dienone is 2. The van der Waals surface area contributed by atoms with E-state index >= 15 is 0 Å². The average Bonchev–Trinajstić information content (AvgIpc) is 3.22. The smallest absolute Gasteiger partial charge is 0.323 e. The predicted molar refractivity (Wildman–Crippen MR) is 123 cm³/mol. The third kappa shape index (κ3) is 3.55. The van der Waals surface area contributed by atoms with Crippen molar-refractivity contribution in [1.82, 2.24) is 9.80 Å². The second-order valence-electron chi connectivity index (χ2n) is 7.00. The minimum Gasteiger partial charge on any atom is -0.480 e. The molecule has 1 saturated heterocycles. The summed E-state index contributed by atoms with van der Waals surface area (Å²) in [4.78, 5) is 28.8. The Balaban J connectivity index is 1.73. The Labute approximate surface area is 185 Å². The molecule has 0 spiro atoms. The number of hydrogen-bond acceptors (Lipinski definition) is 5. The van der Waals surface area contributed by atoms with E-state index in [1.54, 1.807) is 18.2 Å². The highest BCUT2D eigenvalue weighted by molar-refractivity contribution is 7.80. The van der Waals surface area contributed by atoms with Crippen molar-refractivity contribution in [3.05, 3.63) is 72.8 Å². The molecule has 2 aromatic carbocycles. The first-order valence-corrected chi connectivity index (χ1v) is 10.2. The fraction of sp³-hybridized carbons (Fsp3) is 0.174. The second-order valence-corrected chi connectivity index (χ2v) is 7.37. The molecule has 0 radical (unpaired) electrons. The first-order chi connectivity index (χ1) is 15.0. The highest BCUT2D eigenvalue weighted by Crippen LogP contribution is 2.44. The molecule has 1 fully saturated rings. The van der Waals surface area contributed by atoms with Crippen molar-refractivity contribution < 1.29 is 19.4 Å². The largest absolute Gasteiger partial charge is 0.480 e. The molecule has 2 heterocycles. The summed E-state index contributed by atoms with van der Waals surface area (Å²) < 4.78 is 6.06. The van der Waals surface area contributed by atoms with Crippen molar-refractivity contribution in [3.8, 4) is 5.75 Å². The van der Waals surface area contributed by atoms with Gasteiger partial charge in [0.25, 0.3) is 5.91 Å². The van der Waals surface area contributed by atoms with Gasteiger partial charge in [-0.05, 0) is 36.7 Å². The number of anilines is 1. The maximum atomic E-state index is 12.9. The second kappa shape index (κ2) is 8.23. The molecule has 0 aromatic heterocycles. The lowest BCUT2D eigenvalue weighted by Crippen LogP contribution is -2.35. The van der Waals surface area contributed by atoms with Crippen molar-refractivity contribution in [1.29, 1.82) is 0 Å². The summed E-state index contributed by atoms with van der Waals surface area (Å²) in [5.74, 6) is -0.168. The van der Waals surface area contributed by atoms with Crippen molar-refractivity contribution >= 4 is 45.7 Å². The summed E-state index contributed by atoms with van der Waals surface area (Å²) in [6.07, 6.45) is 4.79. The number of carboxylic acid groups (broad SMARTS) is 1. The van der Waals surface area contributed by atoms with E-state index in [2.05, 4.69) is 6.58 Å². The molecule has 1 N–H and O–H groups in total. The fourth-order valence-electron chi connectivity index (χ4n) is 3.79. The molecule has 4 rings (SSSR count). The average molecular weight is 436 g/mol. The van der Waals surface area contributed by atoms with Gasteiger partial charge in [0, 0.05) is 24.6 Å². The monoisotopic (exact) mass is 435 g/mol. The maximum absolute atomic E-state index is 12.9. The van der Waals surface area contributed by atoms with E-state index in [-0.39, 0.29) is 23.3 Å². The zero-order valence-corrected chi connectivity index (χ0v) is 17.8. The van der Waals surface area contributed by atoms with Crippen LogP contribution in [0.4, 0.5) is 5.69 Å². The Bertz CT molecular complexity index is 1170. The number of rotatable bonds is 6. The lowest BCUT2D eigenvalue weighted by molar-refractivity contribution is -0.137. The van der Waals surface area contributed by atoms with Crippen LogP contribution in [0.3, 0.4) is 0 Å². The zero-order chi connectivity index (χ0) is 22.1. The maximum Gasteiger partial charge on any atom is 0.323 e. The van der Waals surface area contributed by atoms with E-state index in [1.807, 2.05) is 48.2 Å². The zero-order valence-electron chi connectivity index (χ0n) is 16.9. The van der Waals surface area contributed by atoms with Crippen molar-refractivity contribution in [2.24, 2.45) is 0 Å². The van der Waals surface area contributed by atoms with Gasteiger partial charge < -0.3 is 19.6 Å². The minimum absolute atomic E-state index is 0.144. The van der Waals surface area contributed by atoms with Gasteiger partial charge in [-0.1, -0.05) is 36.4 Å². The van der Waals surface area contributed by atoms with E-state index in [1.165, 1.54) is 9.80 Å². The molecule has 0 atom stereocenters. The van der Waals surface area contributed by atoms with Crippen molar-refractivity contribution in [2.45, 2.75) is 6.92 Å². The number of nitrogens with zero attached hydrogens (tertiary/aromatic N) is 3. The van der Waals surface area contributed by atoms with E-state index in [0.717, 1.165) is 22.2 Å². The van der Waals surface area contributed by atoms with Crippen LogP contribution in [-0.4, -0.2) is 51.5 Å². The number of benzene rings is 2. The summed E-state index contributed by atoms with van der Waals surface area (Å²) in [5, 5.41) is 11.6. The van der Waals surface area contributed by atoms with Gasteiger partial charge in [0.1, 0.15) is 12.2 Å². The topological polar surface area (TPSA) is 73.3 Å². The van der Waals surface area contributed by atoms with Crippen LogP contribution >= 0.6 is 12.2 Å². The Morgan fingerprint density at radius 3 is 2.65 bits per heavy atom. The first-order valence-electron chi connectivity index (χ1n) is 9.81. The quantitative estimate of drug-likeness (QED) is 0.423. The van der Waals surface area contributed by atoms with E-state index < -0.39 is 12.5 Å². The molecule has 7 nitrogen and oxygen atoms in total. The van der Waals surface area contributed by atoms with Gasteiger partial charge >= 0.3 is 5.97 Å². The molecule has 0 aliphatic carbocycles. The van der Waals surface area contributed by atoms with Crippen LogP contribution < -0.4 is 9.64 Å². The lowest BCUT2D eigenvalue weighted by Gasteiger charge is -2.18. The molecular weight excluding hydrogens is 414 g/mol. The number of carbonyl (C=O) groups is 2. The number of carbonyl (C=O) groups excluding carboxylic acids is 1. The summed E-state index contributed by atoms with van der Waals surface area (Å²) in [6, 6.07) is 12.0. The standard InChI is InChI=1S/C23H21N3O4S/c1-3-13-25-22(29)17(26(23(25)31)14-20(27)28)10-12-19-24(4-2)21-16-8-6-5-7-15(16)9-11-18(21)30-19/h3,5-12H,1,4,13-14H2,2H3,(H,27,28). The van der Waals surface area contributed by atoms with E-state index in [0.29, 0.717) is 12.4 Å². The number of aliphatic carboxylic acids is 1. The number of hydrogen-bond donors (Lipinski definition) is 1. The van der Waals surface area contributed by atoms with Gasteiger partial charge in [0.05, 0.1) is 5.69 Å². The third-order valence-corrected chi connectivity index (χ3v) is 5.58. The summed E-state index contributed by atoms with van der Waals surface area (Å²) >= 11 is 5.32. The number of fused-ring (bicyclic) bond motifs is 3. The Morgan fingerprint density at radius 1 is 1.16 bits per heavy atom. The molecule has 158 valence electrons. The molecule has 2 aliphatic rings. The van der Waals surface area contributed by atoms with Crippen LogP contribution in [0.15, 0.2) is 72.8 Å². The van der Waals surface area contributed by atoms with Gasteiger partial charge in [0.15, 0.2) is 10.9 Å². The van der Waals surface area contributed by atoms with Crippen LogP contribution in [-0.2, 0) is 9.59 Å². The number of ether oxygens (including phenoxy) is 1. The molecule has 2 aromatic rings. The molecule has 31 heavy (non-hydrogen) atoms. The lowest BCUT2D eigenvalue weighted by atomic mass is 10.1.